The molecule has 0 unspecified atom stereocenters. The Bertz CT molecular complexity index is 1020. The molecule has 0 saturated carbocycles. The summed E-state index contributed by atoms with van der Waals surface area (Å²) >= 11 is 8.13. The lowest BCUT2D eigenvalue weighted by Crippen LogP contribution is -2.47. The maximum absolute atomic E-state index is 6.34. The second kappa shape index (κ2) is 10.9. The molecule has 0 aliphatic carbocycles. The molecule has 2 aromatic rings. The van der Waals surface area contributed by atoms with Crippen molar-refractivity contribution in [3.05, 3.63) is 41.6 Å². The van der Waals surface area contributed by atoms with Gasteiger partial charge in [0.05, 0.1) is 17.1 Å². The van der Waals surface area contributed by atoms with Gasteiger partial charge in [-0.15, -0.1) is 6.42 Å². The number of rotatable bonds is 7. The number of aromatic nitrogens is 1. The van der Waals surface area contributed by atoms with Gasteiger partial charge in [-0.2, -0.15) is 0 Å². The first-order valence-electron chi connectivity index (χ1n) is 12.7. The molecule has 180 valence electrons. The zero-order chi connectivity index (χ0) is 23.4. The lowest BCUT2D eigenvalue weighted by atomic mass is 9.71. The quantitative estimate of drug-likeness (QED) is 0.331. The van der Waals surface area contributed by atoms with Crippen molar-refractivity contribution in [2.45, 2.75) is 54.7 Å². The number of benzene rings is 1. The molecule has 1 spiro atoms. The average molecular weight is 495 g/mol. The molecule has 2 saturated heterocycles. The number of halogens is 1. The largest absolute Gasteiger partial charge is 0.324 e. The second-order valence-corrected chi connectivity index (χ2v) is 11.6. The van der Waals surface area contributed by atoms with Crippen LogP contribution in [0.3, 0.4) is 0 Å². The summed E-state index contributed by atoms with van der Waals surface area (Å²) in [5.74, 6) is 3.87. The van der Waals surface area contributed by atoms with Gasteiger partial charge < -0.3 is 9.80 Å². The Balaban J connectivity index is 1.07. The number of hydrogen-bond acceptors (Lipinski definition) is 5. The molecule has 0 bridgehead atoms. The lowest BCUT2D eigenvalue weighted by Gasteiger charge is -2.46. The summed E-state index contributed by atoms with van der Waals surface area (Å²) in [6.07, 6.45) is 16.4. The van der Waals surface area contributed by atoms with Crippen LogP contribution in [0.5, 0.6) is 0 Å². The average Bonchev–Trinajstić information content (AvgIpc) is 2.86. The van der Waals surface area contributed by atoms with Crippen molar-refractivity contribution >= 4 is 34.9 Å². The van der Waals surface area contributed by atoms with Crippen LogP contribution < -0.4 is 4.90 Å². The molecule has 34 heavy (non-hydrogen) atoms. The second-order valence-electron chi connectivity index (χ2n) is 10.1. The Morgan fingerprint density at radius 2 is 1.68 bits per heavy atom. The van der Waals surface area contributed by atoms with Crippen LogP contribution in [0.1, 0.15) is 44.9 Å². The van der Waals surface area contributed by atoms with Gasteiger partial charge in [-0.25, -0.2) is 4.98 Å². The first-order chi connectivity index (χ1) is 16.7. The van der Waals surface area contributed by atoms with E-state index in [2.05, 4.69) is 38.8 Å². The Labute approximate surface area is 214 Å². The predicted molar refractivity (Wildman–Crippen MR) is 143 cm³/mol. The first kappa shape index (κ1) is 24.0. The minimum absolute atomic E-state index is 0.586. The fourth-order valence-electron chi connectivity index (χ4n) is 5.76. The lowest BCUT2D eigenvalue weighted by molar-refractivity contribution is 0.0386. The summed E-state index contributed by atoms with van der Waals surface area (Å²) < 4.78 is 0. The highest BCUT2D eigenvalue weighted by Gasteiger charge is 2.37. The van der Waals surface area contributed by atoms with Crippen molar-refractivity contribution < 1.29 is 0 Å². The van der Waals surface area contributed by atoms with Crippen LogP contribution >= 0.6 is 23.4 Å². The van der Waals surface area contributed by atoms with Gasteiger partial charge in [0.2, 0.25) is 0 Å². The molecule has 0 atom stereocenters. The third-order valence-corrected chi connectivity index (χ3v) is 9.28. The third kappa shape index (κ3) is 5.41. The van der Waals surface area contributed by atoms with E-state index in [-0.39, 0.29) is 0 Å². The van der Waals surface area contributed by atoms with Crippen LogP contribution in [0.4, 0.5) is 11.5 Å². The van der Waals surface area contributed by atoms with Crippen molar-refractivity contribution in [1.29, 1.82) is 0 Å². The van der Waals surface area contributed by atoms with E-state index in [0.29, 0.717) is 5.41 Å². The molecule has 4 nitrogen and oxygen atoms in total. The summed E-state index contributed by atoms with van der Waals surface area (Å²) in [6.45, 7) is 7.93. The van der Waals surface area contributed by atoms with E-state index >= 15 is 0 Å². The third-order valence-electron chi connectivity index (χ3n) is 7.94. The highest BCUT2D eigenvalue weighted by molar-refractivity contribution is 7.99. The molecular formula is C28H35ClN4S. The number of pyridine rings is 1. The van der Waals surface area contributed by atoms with Gasteiger partial charge in [-0.3, -0.25) is 4.90 Å². The van der Waals surface area contributed by atoms with E-state index in [0.717, 1.165) is 30.4 Å². The summed E-state index contributed by atoms with van der Waals surface area (Å²) in [6, 6.07) is 10.4. The normalized spacial score (nSPS) is 20.1. The highest BCUT2D eigenvalue weighted by Crippen LogP contribution is 2.48. The van der Waals surface area contributed by atoms with Crippen molar-refractivity contribution in [3.63, 3.8) is 0 Å². The number of unbranched alkanes of at least 4 members (excludes halogenated alkanes) is 2. The number of fused-ring (bicyclic) bond motifs is 2. The molecule has 2 fully saturated rings. The minimum Gasteiger partial charge on any atom is -0.324 e. The van der Waals surface area contributed by atoms with Crippen LogP contribution in [-0.4, -0.2) is 60.6 Å². The van der Waals surface area contributed by atoms with Crippen LogP contribution in [0, 0.1) is 17.8 Å². The van der Waals surface area contributed by atoms with Crippen molar-refractivity contribution in [3.8, 4) is 12.3 Å². The molecular weight excluding hydrogens is 460 g/mol. The monoisotopic (exact) mass is 494 g/mol. The number of hydrogen-bond donors (Lipinski definition) is 0. The summed E-state index contributed by atoms with van der Waals surface area (Å²) in [4.78, 5) is 14.7. The molecule has 3 aliphatic rings. The van der Waals surface area contributed by atoms with Gasteiger partial charge in [0.15, 0.2) is 0 Å². The Morgan fingerprint density at radius 1 is 0.941 bits per heavy atom. The molecule has 0 radical (unpaired) electrons. The molecule has 1 aromatic carbocycles. The number of likely N-dealkylation sites (tertiary alicyclic amines) is 2. The molecule has 1 aromatic heterocycles. The number of nitrogens with zero attached hydrogens (tertiary/aromatic N) is 4. The topological polar surface area (TPSA) is 22.6 Å². The zero-order valence-corrected chi connectivity index (χ0v) is 21.6. The molecule has 4 heterocycles. The molecule has 5 rings (SSSR count). The van der Waals surface area contributed by atoms with Crippen LogP contribution in [-0.2, 0) is 0 Å². The van der Waals surface area contributed by atoms with Gasteiger partial charge in [0, 0.05) is 22.7 Å². The number of piperidine rings is 2. The predicted octanol–water partition coefficient (Wildman–Crippen LogP) is 6.32. The Morgan fingerprint density at radius 3 is 2.44 bits per heavy atom. The van der Waals surface area contributed by atoms with Crippen molar-refractivity contribution in [1.82, 2.24) is 14.8 Å². The van der Waals surface area contributed by atoms with Gasteiger partial charge in [0.1, 0.15) is 5.82 Å². The van der Waals surface area contributed by atoms with E-state index in [4.69, 9.17) is 23.0 Å². The van der Waals surface area contributed by atoms with E-state index in [1.807, 2.05) is 18.3 Å². The summed E-state index contributed by atoms with van der Waals surface area (Å²) in [5, 5.41) is 0.785. The zero-order valence-electron chi connectivity index (χ0n) is 20.0. The van der Waals surface area contributed by atoms with Crippen LogP contribution in [0.2, 0.25) is 5.02 Å². The summed E-state index contributed by atoms with van der Waals surface area (Å²) in [5.41, 5.74) is 1.78. The maximum atomic E-state index is 6.34. The van der Waals surface area contributed by atoms with E-state index in [1.165, 1.54) is 86.7 Å². The fourth-order valence-corrected chi connectivity index (χ4v) is 6.97. The van der Waals surface area contributed by atoms with E-state index in [9.17, 15) is 0 Å². The smallest absolute Gasteiger partial charge is 0.147 e. The Hall–Kier alpha value is -1.71. The SMILES string of the molecule is C#CCN1CCC2(CC1)CCN(CCCCCN1c3cc(Cl)ccc3Sc3cccnc31)CC2. The fraction of sp³-hybridized carbons (Fsp3) is 0.536. The van der Waals surface area contributed by atoms with Gasteiger partial charge in [-0.05, 0) is 107 Å². The van der Waals surface area contributed by atoms with Gasteiger partial charge in [-0.1, -0.05) is 35.7 Å². The van der Waals surface area contributed by atoms with Crippen LogP contribution in [0.25, 0.3) is 0 Å². The van der Waals surface area contributed by atoms with E-state index in [1.54, 1.807) is 11.8 Å². The minimum atomic E-state index is 0.586. The number of anilines is 2. The van der Waals surface area contributed by atoms with Crippen molar-refractivity contribution in [2.24, 2.45) is 5.41 Å². The summed E-state index contributed by atoms with van der Waals surface area (Å²) in [7, 11) is 0. The molecule has 0 N–H and O–H groups in total. The standard InChI is InChI=1S/C28H35ClN4S/c1-2-15-31-18-10-28(11-19-31)12-20-32(21-13-28)16-4-3-5-17-33-24-22-23(29)8-9-25(24)34-26-7-6-14-30-27(26)33/h1,6-9,14,22H,3-5,10-13,15-21H2. The van der Waals surface area contributed by atoms with E-state index < -0.39 is 0 Å². The molecule has 6 heteroatoms. The first-order valence-corrected chi connectivity index (χ1v) is 13.9. The maximum Gasteiger partial charge on any atom is 0.147 e. The van der Waals surface area contributed by atoms with Crippen molar-refractivity contribution in [2.75, 3.05) is 50.7 Å². The Kier molecular flexibility index (Phi) is 7.70. The molecule has 0 amide bonds. The molecule has 3 aliphatic heterocycles. The van der Waals surface area contributed by atoms with Gasteiger partial charge in [0.25, 0.3) is 0 Å². The highest BCUT2D eigenvalue weighted by atomic mass is 35.5. The van der Waals surface area contributed by atoms with Gasteiger partial charge >= 0.3 is 0 Å². The number of terminal acetylenes is 1. The van der Waals surface area contributed by atoms with Crippen LogP contribution in [0.15, 0.2) is 46.3 Å².